The van der Waals surface area contributed by atoms with Gasteiger partial charge in [-0.15, -0.1) is 0 Å². The van der Waals surface area contributed by atoms with Crippen LogP contribution in [-0.4, -0.2) is 193 Å². The van der Waals surface area contributed by atoms with E-state index in [0.29, 0.717) is 14.6 Å². The first-order valence-corrected chi connectivity index (χ1v) is 44.3. The molecule has 0 aromatic heterocycles. The van der Waals surface area contributed by atoms with Gasteiger partial charge in [-0.05, 0) is 149 Å². The smallest absolute Gasteiger partial charge is 0.256 e. The fourth-order valence-electron chi connectivity index (χ4n) is 6.96. The summed E-state index contributed by atoms with van der Waals surface area (Å²) < 4.78 is 19.2. The van der Waals surface area contributed by atoms with E-state index in [0.717, 1.165) is 95.8 Å². The molecule has 0 fully saturated rings. The molecule has 3 unspecified atom stereocenters. The highest BCUT2D eigenvalue weighted by Crippen LogP contribution is 2.30. The number of aliphatic imine (C=N–C) groups is 6. The van der Waals surface area contributed by atoms with Gasteiger partial charge in [0.1, 0.15) is 39.3 Å². The zero-order chi connectivity index (χ0) is 45.9. The van der Waals surface area contributed by atoms with Crippen LogP contribution in [0.3, 0.4) is 0 Å². The lowest BCUT2D eigenvalue weighted by atomic mass is 10.7. The first-order valence-electron chi connectivity index (χ1n) is 22.5. The summed E-state index contributed by atoms with van der Waals surface area (Å²) in [6.45, 7) is 40.0. The van der Waals surface area contributed by atoms with Gasteiger partial charge in [-0.1, -0.05) is 0 Å². The maximum Gasteiger partial charge on any atom is 0.256 e. The fourth-order valence-corrected chi connectivity index (χ4v) is 38.2. The summed E-state index contributed by atoms with van der Waals surface area (Å²) in [5, 5.41) is 20.9. The van der Waals surface area contributed by atoms with Crippen molar-refractivity contribution < 1.29 is 188 Å². The summed E-state index contributed by atoms with van der Waals surface area (Å²) in [4.78, 5) is 29.0. The predicted molar refractivity (Wildman–Crippen MR) is 294 cm³/mol. The minimum Gasteiger partial charge on any atom is -1.00 e. The maximum atomic E-state index is 6.41. The summed E-state index contributed by atoms with van der Waals surface area (Å²) in [6, 6.07) is 0. The SMILES string of the molecule is C[Si](C)O[Si](C)(C)C(CSC1=NCC[NH2+]1)SC1=NCC[NH2+]1.C[Si](C)O[Si](C)(C)C(CSC1=NCC[NH2+]1)SC1=NCC[NH2+]1.C[Si](C)O[Si](C)(C)C(CSC1=NCC[NH2+]1)SC1=NCC[NH2+]1.[I-].[I-].[I-].[I-].[I-].[I-]. The number of nitrogens with two attached hydrogens (primary N) is 6. The minimum absolute atomic E-state index is 0. The molecule has 6 rings (SSSR count). The molecule has 6 aliphatic rings. The van der Waals surface area contributed by atoms with E-state index in [9.17, 15) is 0 Å². The van der Waals surface area contributed by atoms with E-state index in [-0.39, 0.29) is 144 Å². The summed E-state index contributed by atoms with van der Waals surface area (Å²) in [7, 11) is -7.12. The van der Waals surface area contributed by atoms with E-state index in [4.69, 9.17) is 12.3 Å². The van der Waals surface area contributed by atoms with Gasteiger partial charge in [0.15, 0.2) is 52.1 Å². The van der Waals surface area contributed by atoms with Crippen LogP contribution in [0.15, 0.2) is 30.0 Å². The zero-order valence-corrected chi connectivity index (χ0v) is 66.3. The highest BCUT2D eigenvalue weighted by atomic mass is 127. The van der Waals surface area contributed by atoms with Crippen LogP contribution in [0.2, 0.25) is 78.6 Å². The van der Waals surface area contributed by atoms with Crippen LogP contribution < -0.4 is 176 Å². The Kier molecular flexibility index (Phi) is 48.2. The number of amidine groups is 6. The van der Waals surface area contributed by atoms with Crippen molar-refractivity contribution in [2.75, 3.05) is 95.8 Å². The predicted octanol–water partition coefficient (Wildman–Crippen LogP) is -18.9. The summed E-state index contributed by atoms with van der Waals surface area (Å²) in [5.41, 5.74) is 0. The van der Waals surface area contributed by atoms with Crippen molar-refractivity contribution >= 4 is 154 Å². The first-order chi connectivity index (χ1) is 29.9. The molecule has 69 heavy (non-hydrogen) atoms. The van der Waals surface area contributed by atoms with Crippen molar-refractivity contribution in [3.05, 3.63) is 0 Å². The van der Waals surface area contributed by atoms with Gasteiger partial charge in [-0.25, -0.2) is 30.0 Å². The van der Waals surface area contributed by atoms with Crippen LogP contribution in [0.4, 0.5) is 0 Å². The van der Waals surface area contributed by atoms with E-state index >= 15 is 0 Å². The quantitative estimate of drug-likeness (QED) is 0.0570. The molecule has 0 amide bonds. The highest BCUT2D eigenvalue weighted by molar-refractivity contribution is 8.19. The van der Waals surface area contributed by atoms with Crippen molar-refractivity contribution in [1.82, 2.24) is 0 Å². The van der Waals surface area contributed by atoms with Crippen LogP contribution >= 0.6 is 70.6 Å². The number of halogens is 6. The molecule has 0 spiro atoms. The number of quaternary nitrogens is 6. The van der Waals surface area contributed by atoms with Crippen LogP contribution in [-0.2, 0) is 12.3 Å². The fraction of sp³-hybridized carbons (Fsp3) is 0.833. The lowest BCUT2D eigenvalue weighted by molar-refractivity contribution is -0.522. The molecule has 0 saturated heterocycles. The number of nitrogens with zero attached hydrogens (tertiary/aromatic N) is 6. The molecule has 6 aliphatic heterocycles. The van der Waals surface area contributed by atoms with Gasteiger partial charge >= 0.3 is 0 Å². The van der Waals surface area contributed by atoms with Gasteiger partial charge in [0.05, 0.1) is 39.3 Å². The number of rotatable bonds is 18. The second-order valence-corrected chi connectivity index (χ2v) is 45.5. The molecule has 0 saturated carbocycles. The van der Waals surface area contributed by atoms with Crippen LogP contribution in [0.25, 0.3) is 0 Å². The van der Waals surface area contributed by atoms with Crippen molar-refractivity contribution in [2.24, 2.45) is 30.0 Å². The number of hydrogen-bond donors (Lipinski definition) is 6. The third kappa shape index (κ3) is 32.5. The first kappa shape index (κ1) is 78.7. The molecule has 6 heterocycles. The third-order valence-electron chi connectivity index (χ3n) is 9.96. The normalized spacial score (nSPS) is 19.0. The van der Waals surface area contributed by atoms with Gasteiger partial charge in [-0.3, -0.25) is 31.9 Å². The van der Waals surface area contributed by atoms with E-state index < -0.39 is 52.1 Å². The minimum atomic E-state index is -1.72. The monoisotopic (exact) mass is 1850 g/mol. The molecular formula is C36H81I6N12O3S6Si6. The molecule has 12 N–H and O–H groups in total. The molecule has 405 valence electrons. The number of hydrogen-bond acceptors (Lipinski definition) is 15. The second kappa shape index (κ2) is 42.3. The molecule has 0 aromatic carbocycles. The molecule has 15 nitrogen and oxygen atoms in total. The van der Waals surface area contributed by atoms with Gasteiger partial charge in [0.2, 0.25) is 0 Å². The average molecular weight is 1850 g/mol. The van der Waals surface area contributed by atoms with E-state index in [2.05, 4.69) is 140 Å². The topological polar surface area (TPSA) is 202 Å². The Bertz CT molecular complexity index is 1460. The Morgan fingerprint density at radius 3 is 0.725 bits per heavy atom. The van der Waals surface area contributed by atoms with E-state index in [1.807, 2.05) is 70.6 Å². The standard InChI is InChI=1S/3C12H25N4OS2Si2.6HI/c3*1-20(2)17-21(3,4)10(19-12-15-7-8-16-12)9-18-11-13-5-6-14-11;;;;;;/h3*10H,5-9H2,1-4H3,(H,13,14)(H,15,16);6*1H. The van der Waals surface area contributed by atoms with Gasteiger partial charge in [-0.2, -0.15) is 0 Å². The Labute approximate surface area is 552 Å². The third-order valence-corrected chi connectivity index (χ3v) is 40.4. The van der Waals surface area contributed by atoms with E-state index in [1.54, 1.807) is 0 Å². The van der Waals surface area contributed by atoms with Crippen LogP contribution in [0.5, 0.6) is 0 Å². The van der Waals surface area contributed by atoms with Gasteiger partial charge in [0.25, 0.3) is 31.0 Å². The van der Waals surface area contributed by atoms with Gasteiger partial charge in [0, 0.05) is 31.9 Å². The Morgan fingerprint density at radius 2 is 0.565 bits per heavy atom. The average Bonchev–Trinajstić information content (AvgIpc) is 4.06. The Balaban J connectivity index is -0.000000907. The lowest BCUT2D eigenvalue weighted by Gasteiger charge is -2.32. The van der Waals surface area contributed by atoms with Gasteiger partial charge < -0.3 is 156 Å². The zero-order valence-electron chi connectivity index (χ0n) is 42.4. The molecule has 0 aliphatic carbocycles. The number of thioether (sulfide) groups is 6. The largest absolute Gasteiger partial charge is 1.00 e. The maximum absolute atomic E-state index is 6.41. The van der Waals surface area contributed by atoms with Crippen LogP contribution in [0.1, 0.15) is 0 Å². The van der Waals surface area contributed by atoms with Crippen molar-refractivity contribution in [1.29, 1.82) is 0 Å². The highest BCUT2D eigenvalue weighted by Gasteiger charge is 2.41. The van der Waals surface area contributed by atoms with Crippen LogP contribution in [0, 0.1) is 0 Å². The molecule has 33 heteroatoms. The van der Waals surface area contributed by atoms with Crippen molar-refractivity contribution in [3.63, 3.8) is 0 Å². The van der Waals surface area contributed by atoms with Crippen molar-refractivity contribution in [2.45, 2.75) is 93.2 Å². The van der Waals surface area contributed by atoms with E-state index in [1.165, 1.54) is 31.0 Å². The molecule has 0 bridgehead atoms. The summed E-state index contributed by atoms with van der Waals surface area (Å²) in [5.74, 6) is 3.25. The second-order valence-electron chi connectivity index (χ2n) is 17.9. The summed E-state index contributed by atoms with van der Waals surface area (Å²) >= 11 is 11.5. The van der Waals surface area contributed by atoms with Crippen molar-refractivity contribution in [3.8, 4) is 0 Å². The molecule has 3 radical (unpaired) electrons. The molecule has 3 atom stereocenters. The Morgan fingerprint density at radius 1 is 0.377 bits per heavy atom. The summed E-state index contributed by atoms with van der Waals surface area (Å²) in [6.07, 6.45) is 0. The molecular weight excluding hydrogens is 1770 g/mol. The Hall–Kier alpha value is 5.44. The lowest BCUT2D eigenvalue weighted by Crippen LogP contribution is -3.00. The molecule has 0 aromatic rings.